The van der Waals surface area contributed by atoms with Crippen molar-refractivity contribution in [2.24, 2.45) is 24.3 Å². The van der Waals surface area contributed by atoms with Gasteiger partial charge in [-0.1, -0.05) is 16.8 Å². The molecule has 1 unspecified atom stereocenters. The van der Waals surface area contributed by atoms with Gasteiger partial charge in [-0.25, -0.2) is 15.0 Å². The summed E-state index contributed by atoms with van der Waals surface area (Å²) >= 11 is 1.68. The smallest absolute Gasteiger partial charge is 0.280 e. The van der Waals surface area contributed by atoms with Gasteiger partial charge in [-0.15, -0.1) is 11.3 Å². The van der Waals surface area contributed by atoms with Crippen molar-refractivity contribution < 1.29 is 4.52 Å². The monoisotopic (exact) mass is 455 g/mol. The third-order valence-corrected chi connectivity index (χ3v) is 8.44. The average molecular weight is 456 g/mol. The van der Waals surface area contributed by atoms with E-state index in [2.05, 4.69) is 43.3 Å². The fourth-order valence-electron chi connectivity index (χ4n) is 6.01. The first-order chi connectivity index (χ1) is 16.1. The van der Waals surface area contributed by atoms with Crippen LogP contribution in [0.1, 0.15) is 23.7 Å². The van der Waals surface area contributed by atoms with Gasteiger partial charge in [-0.3, -0.25) is 9.36 Å². The molecule has 4 aliphatic rings. The highest BCUT2D eigenvalue weighted by atomic mass is 32.1. The maximum Gasteiger partial charge on any atom is 0.280 e. The highest BCUT2D eigenvalue weighted by Crippen LogP contribution is 2.92. The van der Waals surface area contributed by atoms with Crippen LogP contribution in [0.5, 0.6) is 0 Å². The molecule has 3 atom stereocenters. The molecule has 9 rings (SSSR count). The zero-order chi connectivity index (χ0) is 21.9. The van der Waals surface area contributed by atoms with Crippen molar-refractivity contribution in [1.29, 1.82) is 0 Å². The Balaban J connectivity index is 1.05. The fourth-order valence-corrected chi connectivity index (χ4v) is 6.67. The number of imidazole rings is 1. The largest absolute Gasteiger partial charge is 0.337 e. The van der Waals surface area contributed by atoms with Crippen LogP contribution in [0.3, 0.4) is 0 Å². The second-order valence-electron chi connectivity index (χ2n) is 9.24. The van der Waals surface area contributed by atoms with Crippen molar-refractivity contribution in [3.8, 4) is 0 Å². The number of hydrogen-bond acceptors (Lipinski definition) is 8. The lowest BCUT2D eigenvalue weighted by molar-refractivity contribution is 0.362. The minimum absolute atomic E-state index is 0.173. The van der Waals surface area contributed by atoms with Crippen molar-refractivity contribution in [3.05, 3.63) is 69.6 Å². The highest BCUT2D eigenvalue weighted by molar-refractivity contribution is 7.16. The van der Waals surface area contributed by atoms with Crippen LogP contribution in [-0.4, -0.2) is 34.2 Å². The molecule has 0 radical (unpaired) electrons. The van der Waals surface area contributed by atoms with Crippen LogP contribution in [-0.2, 0) is 20.0 Å². The summed E-state index contributed by atoms with van der Waals surface area (Å²) in [5.74, 6) is 2.51. The summed E-state index contributed by atoms with van der Waals surface area (Å²) in [5, 5.41) is 4.22. The van der Waals surface area contributed by atoms with Crippen LogP contribution in [0.25, 0.3) is 27.0 Å². The van der Waals surface area contributed by atoms with Crippen LogP contribution in [0.15, 0.2) is 51.3 Å². The van der Waals surface area contributed by atoms with Gasteiger partial charge in [0.05, 0.1) is 22.1 Å². The Kier molecular flexibility index (Phi) is 3.15. The molecule has 4 aromatic heterocycles. The van der Waals surface area contributed by atoms with E-state index in [-0.39, 0.29) is 17.5 Å². The zero-order valence-electron chi connectivity index (χ0n) is 17.6. The van der Waals surface area contributed by atoms with Gasteiger partial charge in [0.25, 0.3) is 5.56 Å². The normalized spacial score (nSPS) is 24.8. The standard InChI is InChI=1S/C23H17N7O2S/c1-29-8-24-21-20(29)22(31)30(9-25-21)7-17-27-16(28-32-17)6-23-13-5-12(18(23)19(13)23)11-2-3-15-14(4-11)26-10-33-15/h2-4,8-10,13,19H,5-7H2,1H3/t13-,19-,23?/m1/s1. The number of allylic oxidation sites excluding steroid dienone is 2. The molecule has 0 amide bonds. The van der Waals surface area contributed by atoms with Gasteiger partial charge in [-0.2, -0.15) is 4.98 Å². The van der Waals surface area contributed by atoms with Gasteiger partial charge in [-0.05, 0) is 41.5 Å². The van der Waals surface area contributed by atoms with Crippen LogP contribution >= 0.6 is 11.3 Å². The lowest BCUT2D eigenvalue weighted by Crippen LogP contribution is -2.22. The lowest BCUT2D eigenvalue weighted by atomic mass is 10.0. The predicted octanol–water partition coefficient (Wildman–Crippen LogP) is 2.82. The Hall–Kier alpha value is -3.66. The fraction of sp³-hybridized carbons (Fsp3) is 0.304. The van der Waals surface area contributed by atoms with E-state index in [4.69, 9.17) is 4.52 Å². The summed E-state index contributed by atoms with van der Waals surface area (Å²) < 4.78 is 9.87. The maximum atomic E-state index is 12.8. The van der Waals surface area contributed by atoms with E-state index in [1.54, 1.807) is 34.9 Å². The number of nitrogens with zero attached hydrogens (tertiary/aromatic N) is 7. The number of rotatable bonds is 5. The second kappa shape index (κ2) is 5.82. The lowest BCUT2D eigenvalue weighted by Gasteiger charge is -2.02. The molecule has 1 aromatic carbocycles. The second-order valence-corrected chi connectivity index (χ2v) is 10.1. The van der Waals surface area contributed by atoms with E-state index in [1.165, 1.54) is 26.7 Å². The molecule has 4 aliphatic carbocycles. The Morgan fingerprint density at radius 1 is 1.24 bits per heavy atom. The van der Waals surface area contributed by atoms with Gasteiger partial charge >= 0.3 is 0 Å². The van der Waals surface area contributed by atoms with Gasteiger partial charge in [0, 0.05) is 18.9 Å². The SMILES string of the molecule is Cn1cnc2ncn(Cc3nc(CC45C6=C(c7ccc8scnc8c7)C[C@@H]4[C@H]65)no3)c(=O)c21. The number of aromatic nitrogens is 7. The molecule has 2 saturated carbocycles. The Labute approximate surface area is 190 Å². The summed E-state index contributed by atoms with van der Waals surface area (Å²) in [4.78, 5) is 30.2. The maximum absolute atomic E-state index is 12.8. The molecule has 9 nitrogen and oxygen atoms in total. The molecule has 0 saturated heterocycles. The molecule has 0 aliphatic heterocycles. The van der Waals surface area contributed by atoms with Crippen molar-refractivity contribution in [3.63, 3.8) is 0 Å². The number of aryl methyl sites for hydroxylation is 1. The summed E-state index contributed by atoms with van der Waals surface area (Å²) in [6, 6.07) is 6.63. The van der Waals surface area contributed by atoms with Crippen LogP contribution < -0.4 is 5.56 Å². The van der Waals surface area contributed by atoms with E-state index in [1.807, 2.05) is 5.51 Å². The van der Waals surface area contributed by atoms with Gasteiger partial charge in [0.15, 0.2) is 17.0 Å². The van der Waals surface area contributed by atoms with E-state index in [9.17, 15) is 4.79 Å². The van der Waals surface area contributed by atoms with Crippen LogP contribution in [0, 0.1) is 17.3 Å². The topological polar surface area (TPSA) is 105 Å². The van der Waals surface area contributed by atoms with E-state index in [0.29, 0.717) is 34.7 Å². The molecular formula is C23H17N7O2S. The average Bonchev–Trinajstić information content (AvgIpc) is 3.32. The van der Waals surface area contributed by atoms with Crippen LogP contribution in [0.2, 0.25) is 0 Å². The Morgan fingerprint density at radius 3 is 3.06 bits per heavy atom. The molecule has 2 bridgehead atoms. The summed E-state index contributed by atoms with van der Waals surface area (Å²) in [6.45, 7) is 0.196. The molecule has 162 valence electrons. The Bertz CT molecular complexity index is 1720. The third kappa shape index (κ3) is 2.26. The number of hydrogen-bond donors (Lipinski definition) is 0. The number of fused-ring (bicyclic) bond motifs is 3. The van der Waals surface area contributed by atoms with Crippen molar-refractivity contribution in [2.45, 2.75) is 19.4 Å². The van der Waals surface area contributed by atoms with Crippen LogP contribution in [0.4, 0.5) is 0 Å². The van der Waals surface area contributed by atoms with Gasteiger partial charge in [0.2, 0.25) is 5.89 Å². The molecule has 10 heteroatoms. The minimum Gasteiger partial charge on any atom is -0.337 e. The molecule has 0 N–H and O–H groups in total. The molecule has 5 aromatic rings. The number of thiazole rings is 1. The molecule has 0 spiro atoms. The first-order valence-electron chi connectivity index (χ1n) is 10.9. The molecule has 2 fully saturated rings. The van der Waals surface area contributed by atoms with E-state index < -0.39 is 0 Å². The third-order valence-electron chi connectivity index (χ3n) is 7.63. The number of benzene rings is 1. The quantitative estimate of drug-likeness (QED) is 0.401. The minimum atomic E-state index is -0.173. The highest BCUT2D eigenvalue weighted by Gasteiger charge is 2.86. The van der Waals surface area contributed by atoms with Crippen molar-refractivity contribution in [2.75, 3.05) is 0 Å². The molecular weight excluding hydrogens is 438 g/mol. The first kappa shape index (κ1) is 17.8. The summed E-state index contributed by atoms with van der Waals surface area (Å²) in [7, 11) is 1.78. The van der Waals surface area contributed by atoms with Crippen molar-refractivity contribution in [1.82, 2.24) is 34.2 Å². The summed E-state index contributed by atoms with van der Waals surface area (Å²) in [6.07, 6.45) is 5.00. The molecule has 33 heavy (non-hydrogen) atoms. The van der Waals surface area contributed by atoms with Gasteiger partial charge in [0.1, 0.15) is 12.9 Å². The van der Waals surface area contributed by atoms with Crippen molar-refractivity contribution >= 4 is 38.3 Å². The van der Waals surface area contributed by atoms with E-state index >= 15 is 0 Å². The summed E-state index contributed by atoms with van der Waals surface area (Å²) in [5.41, 5.74) is 8.32. The molecule has 4 heterocycles. The zero-order valence-corrected chi connectivity index (χ0v) is 18.4. The predicted molar refractivity (Wildman–Crippen MR) is 120 cm³/mol. The van der Waals surface area contributed by atoms with E-state index in [0.717, 1.165) is 18.4 Å². The first-order valence-corrected chi connectivity index (χ1v) is 11.8. The Morgan fingerprint density at radius 2 is 2.15 bits per heavy atom. The van der Waals surface area contributed by atoms with Gasteiger partial charge < -0.3 is 9.09 Å².